The second kappa shape index (κ2) is 9.75. The molecule has 1 atom stereocenters. The molecule has 0 saturated carbocycles. The van der Waals surface area contributed by atoms with Gasteiger partial charge in [-0.2, -0.15) is 0 Å². The minimum atomic E-state index is -0.605. The summed E-state index contributed by atoms with van der Waals surface area (Å²) in [6.07, 6.45) is 0. The Labute approximate surface area is 181 Å². The number of hydrogen-bond acceptors (Lipinski definition) is 3. The van der Waals surface area contributed by atoms with E-state index in [0.29, 0.717) is 16.9 Å². The summed E-state index contributed by atoms with van der Waals surface area (Å²) >= 11 is 0. The first-order chi connectivity index (χ1) is 14.8. The van der Waals surface area contributed by atoms with Crippen LogP contribution < -0.4 is 20.9 Å². The highest BCUT2D eigenvalue weighted by atomic mass is 19.1. The van der Waals surface area contributed by atoms with E-state index in [2.05, 4.69) is 16.0 Å². The van der Waals surface area contributed by atoms with Crippen molar-refractivity contribution in [1.29, 1.82) is 0 Å². The number of rotatable bonds is 6. The zero-order valence-electron chi connectivity index (χ0n) is 17.6. The van der Waals surface area contributed by atoms with Crippen LogP contribution in [-0.4, -0.2) is 26.0 Å². The van der Waals surface area contributed by atoms with Crippen molar-refractivity contribution in [3.05, 3.63) is 89.7 Å². The van der Waals surface area contributed by atoms with Gasteiger partial charge in [0.05, 0.1) is 17.3 Å². The average molecular weight is 420 g/mol. The number of amides is 3. The van der Waals surface area contributed by atoms with Crippen LogP contribution in [0, 0.1) is 5.82 Å². The lowest BCUT2D eigenvalue weighted by Gasteiger charge is -2.20. The fraction of sp³-hybridized carbons (Fsp3) is 0.167. The van der Waals surface area contributed by atoms with Gasteiger partial charge in [-0.3, -0.25) is 4.79 Å². The van der Waals surface area contributed by atoms with Crippen molar-refractivity contribution in [3.8, 4) is 0 Å². The van der Waals surface area contributed by atoms with E-state index in [0.717, 1.165) is 5.56 Å². The van der Waals surface area contributed by atoms with Crippen LogP contribution in [0.5, 0.6) is 0 Å². The van der Waals surface area contributed by atoms with E-state index >= 15 is 0 Å². The molecular weight excluding hydrogens is 395 g/mol. The number of carbonyl (C=O) groups excluding carboxylic acids is 2. The Balaban J connectivity index is 1.78. The lowest BCUT2D eigenvalue weighted by atomic mass is 10.1. The Bertz CT molecular complexity index is 1070. The smallest absolute Gasteiger partial charge is 0.323 e. The van der Waals surface area contributed by atoms with E-state index in [4.69, 9.17) is 0 Å². The summed E-state index contributed by atoms with van der Waals surface area (Å²) in [6.45, 7) is 1.91. The van der Waals surface area contributed by atoms with Crippen LogP contribution in [-0.2, 0) is 0 Å². The maximum absolute atomic E-state index is 13.8. The van der Waals surface area contributed by atoms with Crippen molar-refractivity contribution in [2.75, 3.05) is 29.6 Å². The van der Waals surface area contributed by atoms with Crippen molar-refractivity contribution in [3.63, 3.8) is 0 Å². The highest BCUT2D eigenvalue weighted by molar-refractivity contribution is 6.04. The first-order valence-corrected chi connectivity index (χ1v) is 9.85. The molecule has 0 radical (unpaired) electrons. The molecule has 160 valence electrons. The molecule has 31 heavy (non-hydrogen) atoms. The van der Waals surface area contributed by atoms with Crippen LogP contribution in [0.25, 0.3) is 0 Å². The minimum Gasteiger partial charge on any atom is -0.377 e. The zero-order chi connectivity index (χ0) is 22.4. The van der Waals surface area contributed by atoms with Gasteiger partial charge >= 0.3 is 6.03 Å². The molecule has 3 aromatic carbocycles. The molecule has 0 aliphatic carbocycles. The third-order valence-electron chi connectivity index (χ3n) is 4.75. The fourth-order valence-electron chi connectivity index (χ4n) is 3.13. The van der Waals surface area contributed by atoms with Gasteiger partial charge < -0.3 is 20.9 Å². The zero-order valence-corrected chi connectivity index (χ0v) is 17.6. The number of anilines is 3. The van der Waals surface area contributed by atoms with E-state index in [1.165, 1.54) is 12.1 Å². The van der Waals surface area contributed by atoms with Crippen LogP contribution in [0.2, 0.25) is 0 Å². The Morgan fingerprint density at radius 2 is 1.58 bits per heavy atom. The molecule has 6 nitrogen and oxygen atoms in total. The number of hydrogen-bond donors (Lipinski definition) is 3. The first-order valence-electron chi connectivity index (χ1n) is 9.85. The predicted molar refractivity (Wildman–Crippen MR) is 122 cm³/mol. The molecule has 0 aromatic heterocycles. The van der Waals surface area contributed by atoms with Crippen LogP contribution in [0.3, 0.4) is 0 Å². The topological polar surface area (TPSA) is 73.5 Å². The van der Waals surface area contributed by atoms with Crippen LogP contribution in [0.4, 0.5) is 26.2 Å². The number of nitrogens with one attached hydrogen (secondary N) is 3. The fourth-order valence-corrected chi connectivity index (χ4v) is 3.13. The SMILES string of the molecule is CC(NC(=O)c1cc(NC(=O)Nc2ccccc2F)ccc1N(C)C)c1ccccc1. The van der Waals surface area contributed by atoms with E-state index in [1.54, 1.807) is 30.3 Å². The molecule has 7 heteroatoms. The third-order valence-corrected chi connectivity index (χ3v) is 4.75. The number of nitrogens with zero attached hydrogens (tertiary/aromatic N) is 1. The van der Waals surface area contributed by atoms with E-state index in [-0.39, 0.29) is 17.6 Å². The molecule has 0 bridgehead atoms. The molecule has 0 aliphatic heterocycles. The van der Waals surface area contributed by atoms with Crippen molar-refractivity contribution in [2.45, 2.75) is 13.0 Å². The number of halogens is 1. The monoisotopic (exact) mass is 420 g/mol. The van der Waals surface area contributed by atoms with Gasteiger partial charge in [-0.1, -0.05) is 42.5 Å². The lowest BCUT2D eigenvalue weighted by Crippen LogP contribution is -2.28. The van der Waals surface area contributed by atoms with Crippen molar-refractivity contribution in [1.82, 2.24) is 5.32 Å². The Morgan fingerprint density at radius 3 is 2.26 bits per heavy atom. The van der Waals surface area contributed by atoms with Gasteiger partial charge in [-0.05, 0) is 42.8 Å². The number of carbonyl (C=O) groups is 2. The quantitative estimate of drug-likeness (QED) is 0.524. The van der Waals surface area contributed by atoms with Gasteiger partial charge in [0, 0.05) is 25.5 Å². The molecule has 3 amide bonds. The summed E-state index contributed by atoms with van der Waals surface area (Å²) in [5.41, 5.74) is 2.59. The van der Waals surface area contributed by atoms with Crippen molar-refractivity contribution >= 4 is 29.0 Å². The molecule has 0 saturated heterocycles. The van der Waals surface area contributed by atoms with Gasteiger partial charge in [0.2, 0.25) is 0 Å². The Morgan fingerprint density at radius 1 is 0.903 bits per heavy atom. The molecular formula is C24H25FN4O2. The summed E-state index contributed by atoms with van der Waals surface area (Å²) in [5, 5.41) is 8.10. The Hall–Kier alpha value is -3.87. The molecule has 0 fully saturated rings. The van der Waals surface area contributed by atoms with Crippen molar-refractivity contribution < 1.29 is 14.0 Å². The molecule has 0 heterocycles. The summed E-state index contributed by atoms with van der Waals surface area (Å²) in [7, 11) is 3.68. The number of urea groups is 1. The summed E-state index contributed by atoms with van der Waals surface area (Å²) < 4.78 is 13.8. The minimum absolute atomic E-state index is 0.0690. The standard InChI is InChI=1S/C24H25FN4O2/c1-16(17-9-5-4-6-10-17)26-23(30)19-15-18(13-14-22(19)29(2)3)27-24(31)28-21-12-8-7-11-20(21)25/h4-16H,1-3H3,(H,26,30)(H2,27,28,31). The average Bonchev–Trinajstić information content (AvgIpc) is 2.75. The molecule has 3 aromatic rings. The van der Waals surface area contributed by atoms with Gasteiger partial charge in [0.1, 0.15) is 5.82 Å². The third kappa shape index (κ3) is 5.60. The maximum atomic E-state index is 13.8. The highest BCUT2D eigenvalue weighted by Gasteiger charge is 2.17. The molecule has 3 rings (SSSR count). The Kier molecular flexibility index (Phi) is 6.87. The van der Waals surface area contributed by atoms with Crippen molar-refractivity contribution in [2.24, 2.45) is 0 Å². The maximum Gasteiger partial charge on any atom is 0.323 e. The van der Waals surface area contributed by atoms with E-state index in [9.17, 15) is 14.0 Å². The predicted octanol–water partition coefficient (Wildman–Crippen LogP) is 5.03. The second-order valence-corrected chi connectivity index (χ2v) is 7.29. The lowest BCUT2D eigenvalue weighted by molar-refractivity contribution is 0.0940. The van der Waals surface area contributed by atoms with E-state index < -0.39 is 11.8 Å². The first kappa shape index (κ1) is 21.8. The summed E-state index contributed by atoms with van der Waals surface area (Å²) in [4.78, 5) is 27.1. The van der Waals surface area contributed by atoms with Crippen LogP contribution in [0.1, 0.15) is 28.9 Å². The van der Waals surface area contributed by atoms with Gasteiger partial charge in [-0.25, -0.2) is 9.18 Å². The summed E-state index contributed by atoms with van der Waals surface area (Å²) in [6, 6.07) is 19.8. The molecule has 0 aliphatic rings. The molecule has 1 unspecified atom stereocenters. The molecule has 3 N–H and O–H groups in total. The van der Waals surface area contributed by atoms with E-state index in [1.807, 2.05) is 56.3 Å². The molecule has 0 spiro atoms. The van der Waals surface area contributed by atoms with Gasteiger partial charge in [-0.15, -0.1) is 0 Å². The van der Waals surface area contributed by atoms with Gasteiger partial charge in [0.15, 0.2) is 0 Å². The largest absolute Gasteiger partial charge is 0.377 e. The summed E-state index contributed by atoms with van der Waals surface area (Å²) in [5.74, 6) is -0.797. The van der Waals surface area contributed by atoms with Gasteiger partial charge in [0.25, 0.3) is 5.91 Å². The number of benzene rings is 3. The van der Waals surface area contributed by atoms with Crippen LogP contribution >= 0.6 is 0 Å². The number of para-hydroxylation sites is 1. The normalized spacial score (nSPS) is 11.4. The highest BCUT2D eigenvalue weighted by Crippen LogP contribution is 2.24. The second-order valence-electron chi connectivity index (χ2n) is 7.29. The van der Waals surface area contributed by atoms with Crippen LogP contribution in [0.15, 0.2) is 72.8 Å².